The molecule has 0 radical (unpaired) electrons. The Kier molecular flexibility index (Phi) is 5.62. The van der Waals surface area contributed by atoms with Crippen LogP contribution >= 0.6 is 0 Å². The van der Waals surface area contributed by atoms with Crippen LogP contribution in [0.2, 0.25) is 0 Å². The molecule has 1 fully saturated rings. The van der Waals surface area contributed by atoms with Crippen LogP contribution in [0.5, 0.6) is 0 Å². The summed E-state index contributed by atoms with van der Waals surface area (Å²) in [5, 5.41) is 13.6. The van der Waals surface area contributed by atoms with Crippen LogP contribution in [0, 0.1) is 0 Å². The van der Waals surface area contributed by atoms with Gasteiger partial charge in [0.15, 0.2) is 0 Å². The standard InChI is InChI=1S/C23H25N3O3/c27-18-10-12-26(13-11-18)23(29)21(14-16-6-2-1-3-7-16)25-22(28)20-15-17-8-4-5-9-19(17)24-20/h1-9,15,18,21,24,27H,10-14H2,(H,25,28)/t21-/m0/s1. The molecule has 29 heavy (non-hydrogen) atoms. The molecule has 2 amide bonds. The van der Waals surface area contributed by atoms with Crippen molar-refractivity contribution in [1.82, 2.24) is 15.2 Å². The zero-order chi connectivity index (χ0) is 20.2. The zero-order valence-corrected chi connectivity index (χ0v) is 16.2. The van der Waals surface area contributed by atoms with Gasteiger partial charge in [-0.3, -0.25) is 9.59 Å². The van der Waals surface area contributed by atoms with E-state index in [4.69, 9.17) is 0 Å². The molecule has 150 valence electrons. The molecule has 1 atom stereocenters. The molecular formula is C23H25N3O3. The maximum Gasteiger partial charge on any atom is 0.268 e. The summed E-state index contributed by atoms with van der Waals surface area (Å²) in [6, 6.07) is 18.5. The van der Waals surface area contributed by atoms with E-state index in [9.17, 15) is 14.7 Å². The normalized spacial score (nSPS) is 16.0. The number of hydrogen-bond donors (Lipinski definition) is 3. The Bertz CT molecular complexity index is 958. The number of para-hydroxylation sites is 1. The SMILES string of the molecule is O=C(N[C@@H](Cc1ccccc1)C(=O)N1CCC(O)CC1)c1cc2ccccc2[nH]1. The van der Waals surface area contributed by atoms with E-state index >= 15 is 0 Å². The predicted octanol–water partition coefficient (Wildman–Crippen LogP) is 2.49. The molecular weight excluding hydrogens is 366 g/mol. The fourth-order valence-electron chi connectivity index (χ4n) is 3.79. The number of aromatic nitrogens is 1. The first-order valence-corrected chi connectivity index (χ1v) is 9.99. The van der Waals surface area contributed by atoms with Gasteiger partial charge in [-0.2, -0.15) is 0 Å². The Labute approximate surface area is 169 Å². The van der Waals surface area contributed by atoms with Crippen molar-refractivity contribution in [2.24, 2.45) is 0 Å². The summed E-state index contributed by atoms with van der Waals surface area (Å²) in [6.07, 6.45) is 1.21. The molecule has 4 rings (SSSR count). The Balaban J connectivity index is 1.53. The molecule has 1 aliphatic rings. The van der Waals surface area contributed by atoms with Gasteiger partial charge in [-0.25, -0.2) is 0 Å². The van der Waals surface area contributed by atoms with Crippen molar-refractivity contribution < 1.29 is 14.7 Å². The van der Waals surface area contributed by atoms with E-state index in [1.54, 1.807) is 11.0 Å². The number of H-pyrrole nitrogens is 1. The van der Waals surface area contributed by atoms with E-state index < -0.39 is 6.04 Å². The lowest BCUT2D eigenvalue weighted by Gasteiger charge is -2.32. The van der Waals surface area contributed by atoms with Gasteiger partial charge in [0.05, 0.1) is 6.10 Å². The maximum absolute atomic E-state index is 13.2. The largest absolute Gasteiger partial charge is 0.393 e. The number of nitrogens with one attached hydrogen (secondary N) is 2. The van der Waals surface area contributed by atoms with Gasteiger partial charge in [0.2, 0.25) is 5.91 Å². The third kappa shape index (κ3) is 4.49. The molecule has 6 nitrogen and oxygen atoms in total. The van der Waals surface area contributed by atoms with Crippen LogP contribution in [0.15, 0.2) is 60.7 Å². The van der Waals surface area contributed by atoms with Gasteiger partial charge in [0.25, 0.3) is 5.91 Å². The summed E-state index contributed by atoms with van der Waals surface area (Å²) >= 11 is 0. The smallest absolute Gasteiger partial charge is 0.268 e. The molecule has 0 saturated carbocycles. The van der Waals surface area contributed by atoms with Crippen molar-refractivity contribution in [1.29, 1.82) is 0 Å². The first-order valence-electron chi connectivity index (χ1n) is 9.99. The van der Waals surface area contributed by atoms with Crippen LogP contribution < -0.4 is 5.32 Å². The number of hydrogen-bond acceptors (Lipinski definition) is 3. The van der Waals surface area contributed by atoms with Crippen molar-refractivity contribution >= 4 is 22.7 Å². The lowest BCUT2D eigenvalue weighted by molar-refractivity contribution is -0.135. The number of carbonyl (C=O) groups excluding carboxylic acids is 2. The molecule has 0 bridgehead atoms. The second-order valence-electron chi connectivity index (χ2n) is 7.54. The molecule has 0 unspecified atom stereocenters. The third-order valence-electron chi connectivity index (χ3n) is 5.44. The minimum atomic E-state index is -0.661. The number of rotatable bonds is 5. The average molecular weight is 391 g/mol. The van der Waals surface area contributed by atoms with E-state index in [0.29, 0.717) is 38.0 Å². The second kappa shape index (κ2) is 8.49. The number of benzene rings is 2. The summed E-state index contributed by atoms with van der Waals surface area (Å²) in [5.74, 6) is -0.405. The van der Waals surface area contributed by atoms with Crippen LogP contribution in [0.25, 0.3) is 10.9 Å². The topological polar surface area (TPSA) is 85.4 Å². The number of piperidine rings is 1. The predicted molar refractivity (Wildman–Crippen MR) is 112 cm³/mol. The second-order valence-corrected chi connectivity index (χ2v) is 7.54. The molecule has 1 aromatic heterocycles. The van der Waals surface area contributed by atoms with Gasteiger partial charge in [0.1, 0.15) is 11.7 Å². The molecule has 3 N–H and O–H groups in total. The summed E-state index contributed by atoms with van der Waals surface area (Å²) in [4.78, 5) is 30.9. The quantitative estimate of drug-likeness (QED) is 0.625. The number of aliphatic hydroxyl groups is 1. The third-order valence-corrected chi connectivity index (χ3v) is 5.44. The van der Waals surface area contributed by atoms with E-state index in [0.717, 1.165) is 16.5 Å². The van der Waals surface area contributed by atoms with Gasteiger partial charge in [-0.1, -0.05) is 48.5 Å². The molecule has 6 heteroatoms. The van der Waals surface area contributed by atoms with Crippen molar-refractivity contribution in [3.05, 3.63) is 71.9 Å². The van der Waals surface area contributed by atoms with Crippen LogP contribution in [0.3, 0.4) is 0 Å². The highest BCUT2D eigenvalue weighted by Gasteiger charge is 2.29. The number of fused-ring (bicyclic) bond motifs is 1. The van der Waals surface area contributed by atoms with Crippen molar-refractivity contribution in [3.8, 4) is 0 Å². The Morgan fingerprint density at radius 2 is 1.76 bits per heavy atom. The summed E-state index contributed by atoms with van der Waals surface area (Å²) < 4.78 is 0. The monoisotopic (exact) mass is 391 g/mol. The molecule has 0 aliphatic carbocycles. The lowest BCUT2D eigenvalue weighted by atomic mass is 10.0. The number of likely N-dealkylation sites (tertiary alicyclic amines) is 1. The van der Waals surface area contributed by atoms with E-state index in [2.05, 4.69) is 10.3 Å². The van der Waals surface area contributed by atoms with Crippen LogP contribution in [-0.2, 0) is 11.2 Å². The average Bonchev–Trinajstić information content (AvgIpc) is 3.18. The van der Waals surface area contributed by atoms with E-state index in [1.807, 2.05) is 54.6 Å². The molecule has 2 heterocycles. The van der Waals surface area contributed by atoms with Crippen LogP contribution in [-0.4, -0.2) is 52.0 Å². The Hall–Kier alpha value is -3.12. The molecule has 0 spiro atoms. The molecule has 3 aromatic rings. The molecule has 1 saturated heterocycles. The number of nitrogens with zero attached hydrogens (tertiary/aromatic N) is 1. The highest BCUT2D eigenvalue weighted by atomic mass is 16.3. The summed E-state index contributed by atoms with van der Waals surface area (Å²) in [5.41, 5.74) is 2.31. The highest BCUT2D eigenvalue weighted by Crippen LogP contribution is 2.16. The van der Waals surface area contributed by atoms with E-state index in [-0.39, 0.29) is 17.9 Å². The van der Waals surface area contributed by atoms with E-state index in [1.165, 1.54) is 0 Å². The van der Waals surface area contributed by atoms with Gasteiger partial charge < -0.3 is 20.3 Å². The van der Waals surface area contributed by atoms with Gasteiger partial charge >= 0.3 is 0 Å². The minimum absolute atomic E-state index is 0.106. The van der Waals surface area contributed by atoms with Crippen molar-refractivity contribution in [2.75, 3.05) is 13.1 Å². The fraction of sp³-hybridized carbons (Fsp3) is 0.304. The Morgan fingerprint density at radius 1 is 1.07 bits per heavy atom. The highest BCUT2D eigenvalue weighted by molar-refractivity contribution is 6.00. The van der Waals surface area contributed by atoms with Gasteiger partial charge in [-0.15, -0.1) is 0 Å². The number of amides is 2. The summed E-state index contributed by atoms with van der Waals surface area (Å²) in [7, 11) is 0. The minimum Gasteiger partial charge on any atom is -0.393 e. The van der Waals surface area contributed by atoms with Gasteiger partial charge in [-0.05, 0) is 30.5 Å². The molecule has 2 aromatic carbocycles. The van der Waals surface area contributed by atoms with Crippen molar-refractivity contribution in [3.63, 3.8) is 0 Å². The number of carbonyl (C=O) groups is 2. The zero-order valence-electron chi connectivity index (χ0n) is 16.2. The Morgan fingerprint density at radius 3 is 2.48 bits per heavy atom. The number of aliphatic hydroxyl groups excluding tert-OH is 1. The lowest BCUT2D eigenvalue weighted by Crippen LogP contribution is -2.52. The molecule has 1 aliphatic heterocycles. The first-order chi connectivity index (χ1) is 14.1. The van der Waals surface area contributed by atoms with Crippen LogP contribution in [0.1, 0.15) is 28.9 Å². The number of aromatic amines is 1. The fourth-order valence-corrected chi connectivity index (χ4v) is 3.79. The first kappa shape index (κ1) is 19.2. The van der Waals surface area contributed by atoms with Crippen LogP contribution in [0.4, 0.5) is 0 Å². The summed E-state index contributed by atoms with van der Waals surface area (Å²) in [6.45, 7) is 1.01. The maximum atomic E-state index is 13.2. The van der Waals surface area contributed by atoms with Gasteiger partial charge in [0, 0.05) is 30.4 Å². The van der Waals surface area contributed by atoms with Crippen molar-refractivity contribution in [2.45, 2.75) is 31.4 Å².